The molecule has 1 aliphatic rings. The second-order valence-corrected chi connectivity index (χ2v) is 23.9. The average molecular weight is 1130 g/mol. The smallest absolute Gasteiger partial charge is 0.307 e. The molecular formula is C43H51N13O10S7. The number of hydrogen-bond donors (Lipinski definition) is 4. The highest BCUT2D eigenvalue weighted by Crippen LogP contribution is 2.50. The predicted molar refractivity (Wildman–Crippen MR) is 288 cm³/mol. The van der Waals surface area contributed by atoms with Gasteiger partial charge in [0.2, 0.25) is 11.9 Å². The fourth-order valence-electron chi connectivity index (χ4n) is 8.11. The van der Waals surface area contributed by atoms with Crippen LogP contribution in [0.25, 0.3) is 20.4 Å². The van der Waals surface area contributed by atoms with Gasteiger partial charge < -0.3 is 39.4 Å². The van der Waals surface area contributed by atoms with E-state index in [9.17, 15) is 25.9 Å². The number of methoxy groups -OCH3 is 4. The average Bonchev–Trinajstić information content (AvgIpc) is 4.16. The molecule has 1 saturated carbocycles. The number of nitrogens with one attached hydrogen (secondary N) is 2. The van der Waals surface area contributed by atoms with Gasteiger partial charge in [-0.1, -0.05) is 53.7 Å². The van der Waals surface area contributed by atoms with E-state index in [0.717, 1.165) is 89.2 Å². The summed E-state index contributed by atoms with van der Waals surface area (Å²) in [6.07, 6.45) is 5.31. The molecular weight excluding hydrogens is 1080 g/mol. The number of nitrogens with zero attached hydrogens (tertiary/aromatic N) is 11. The van der Waals surface area contributed by atoms with Crippen LogP contribution in [0.15, 0.2) is 58.3 Å². The minimum Gasteiger partial charge on any atom is -0.494 e. The zero-order valence-corrected chi connectivity index (χ0v) is 46.4. The largest absolute Gasteiger partial charge is 0.494 e. The Morgan fingerprint density at radius 2 is 1.05 bits per heavy atom. The van der Waals surface area contributed by atoms with Crippen molar-refractivity contribution in [3.05, 3.63) is 24.3 Å². The first kappa shape index (κ1) is 53.7. The van der Waals surface area contributed by atoms with Gasteiger partial charge in [0.05, 0.1) is 62.0 Å². The van der Waals surface area contributed by atoms with Crippen molar-refractivity contribution in [1.29, 1.82) is 0 Å². The number of aromatic nitrogens is 5. The van der Waals surface area contributed by atoms with E-state index in [4.69, 9.17) is 33.9 Å². The van der Waals surface area contributed by atoms with Crippen molar-refractivity contribution in [3.63, 3.8) is 0 Å². The van der Waals surface area contributed by atoms with Crippen molar-refractivity contribution in [1.82, 2.24) is 23.7 Å². The minimum atomic E-state index is -4.62. The SMILES string of the molecule is CCN(CC)c1cc(Nc2nc(Nc3cc(N(CC)CC)c(OC)cc3/N=N/c3snc4sc(S(=O)(=O)O)c(OC)c34)nc(SC3CCCCC3)n2)c(/N=N/c2snc3sc(S(=O)(=O)O)c(OC)c23)cc1OC. The maximum Gasteiger partial charge on any atom is 0.307 e. The lowest BCUT2D eigenvalue weighted by molar-refractivity contribution is 0.406. The maximum atomic E-state index is 12.2. The third-order valence-electron chi connectivity index (χ3n) is 11.6. The van der Waals surface area contributed by atoms with Crippen LogP contribution in [-0.4, -0.2) is 110 Å². The second kappa shape index (κ2) is 22.9. The van der Waals surface area contributed by atoms with Crippen molar-refractivity contribution in [3.8, 4) is 23.0 Å². The molecule has 2 aromatic carbocycles. The van der Waals surface area contributed by atoms with E-state index < -0.39 is 28.7 Å². The van der Waals surface area contributed by atoms with E-state index >= 15 is 0 Å². The predicted octanol–water partition coefficient (Wildman–Crippen LogP) is 12.2. The van der Waals surface area contributed by atoms with Crippen LogP contribution < -0.4 is 39.4 Å². The van der Waals surface area contributed by atoms with Crippen LogP contribution in [0.4, 0.5) is 56.0 Å². The lowest BCUT2D eigenvalue weighted by Gasteiger charge is -2.25. The number of rotatable bonds is 22. The van der Waals surface area contributed by atoms with Crippen LogP contribution in [-0.2, 0) is 20.2 Å². The number of benzene rings is 2. The monoisotopic (exact) mass is 1130 g/mol. The lowest BCUT2D eigenvalue weighted by Crippen LogP contribution is -2.22. The summed E-state index contributed by atoms with van der Waals surface area (Å²) in [5.74, 6) is 1.15. The summed E-state index contributed by atoms with van der Waals surface area (Å²) in [6.45, 7) is 10.7. The molecule has 8 rings (SSSR count). The van der Waals surface area contributed by atoms with E-state index in [1.54, 1.807) is 38.1 Å². The van der Waals surface area contributed by atoms with E-state index in [-0.39, 0.29) is 49.4 Å². The van der Waals surface area contributed by atoms with Gasteiger partial charge in [0.1, 0.15) is 32.5 Å². The van der Waals surface area contributed by atoms with Gasteiger partial charge in [-0.05, 0) is 75.7 Å². The van der Waals surface area contributed by atoms with Crippen molar-refractivity contribution in [2.45, 2.75) is 78.6 Å². The number of anilines is 6. The molecule has 4 N–H and O–H groups in total. The first-order valence-corrected chi connectivity index (χ1v) is 29.6. The maximum absolute atomic E-state index is 12.2. The molecule has 390 valence electrons. The number of thioether (sulfide) groups is 1. The third-order valence-corrected chi connectivity index (χ3v) is 19.3. The van der Waals surface area contributed by atoms with Crippen molar-refractivity contribution in [2.75, 3.05) is 75.1 Å². The van der Waals surface area contributed by atoms with Crippen LogP contribution in [0.3, 0.4) is 0 Å². The first-order valence-electron chi connectivity index (χ1n) is 22.7. The summed E-state index contributed by atoms with van der Waals surface area (Å²) in [5, 5.41) is 26.9. The van der Waals surface area contributed by atoms with Crippen LogP contribution >= 0.6 is 57.5 Å². The zero-order chi connectivity index (χ0) is 52.2. The van der Waals surface area contributed by atoms with E-state index in [2.05, 4.69) is 49.6 Å². The highest BCUT2D eigenvalue weighted by Gasteiger charge is 2.29. The molecule has 0 unspecified atom stereocenters. The molecule has 0 amide bonds. The van der Waals surface area contributed by atoms with E-state index in [1.165, 1.54) is 14.2 Å². The summed E-state index contributed by atoms with van der Waals surface area (Å²) in [7, 11) is -3.54. The van der Waals surface area contributed by atoms with Gasteiger partial charge >= 0.3 is 20.2 Å². The number of azo groups is 2. The molecule has 0 atom stereocenters. The minimum absolute atomic E-state index is 0.0882. The molecule has 0 radical (unpaired) electrons. The lowest BCUT2D eigenvalue weighted by atomic mass is 10.0. The van der Waals surface area contributed by atoms with Gasteiger partial charge in [0.25, 0.3) is 0 Å². The van der Waals surface area contributed by atoms with E-state index in [1.807, 2.05) is 39.8 Å². The van der Waals surface area contributed by atoms with Crippen LogP contribution in [0.2, 0.25) is 0 Å². The number of fused-ring (bicyclic) bond motifs is 2. The molecule has 5 heterocycles. The molecule has 23 nitrogen and oxygen atoms in total. The summed E-state index contributed by atoms with van der Waals surface area (Å²) in [5.41, 5.74) is 2.99. The number of thiophene rings is 2. The molecule has 1 fully saturated rings. The second-order valence-electron chi connectivity index (χ2n) is 15.9. The quantitative estimate of drug-likeness (QED) is 0.0362. The Bertz CT molecular complexity index is 3210. The molecule has 1 aliphatic carbocycles. The highest BCUT2D eigenvalue weighted by atomic mass is 32.3. The molecule has 0 saturated heterocycles. The van der Waals surface area contributed by atoms with Crippen LogP contribution in [0.1, 0.15) is 59.8 Å². The summed E-state index contributed by atoms with van der Waals surface area (Å²) >= 11 is 5.05. The molecule has 0 bridgehead atoms. The molecule has 5 aromatic heterocycles. The molecule has 73 heavy (non-hydrogen) atoms. The summed E-state index contributed by atoms with van der Waals surface area (Å²) in [4.78, 5) is 19.6. The van der Waals surface area contributed by atoms with Crippen molar-refractivity contribution < 1.29 is 44.9 Å². The number of hydrogen-bond acceptors (Lipinski definition) is 26. The summed E-state index contributed by atoms with van der Waals surface area (Å²) in [6, 6.07) is 7.18. The molecule has 30 heteroatoms. The van der Waals surface area contributed by atoms with Gasteiger partial charge in [-0.3, -0.25) is 9.11 Å². The molecule has 7 aromatic rings. The normalized spacial score (nSPS) is 13.7. The molecule has 0 aliphatic heterocycles. The Labute approximate surface area is 441 Å². The van der Waals surface area contributed by atoms with Gasteiger partial charge in [-0.15, -0.1) is 20.5 Å². The number of ether oxygens (including phenoxy) is 4. The van der Waals surface area contributed by atoms with Crippen molar-refractivity contribution in [2.24, 2.45) is 20.5 Å². The van der Waals surface area contributed by atoms with Gasteiger partial charge in [0.15, 0.2) is 35.1 Å². The third kappa shape index (κ3) is 11.6. The molecule has 0 spiro atoms. The Balaban J connectivity index is 1.25. The van der Waals surface area contributed by atoms with E-state index in [0.29, 0.717) is 75.2 Å². The van der Waals surface area contributed by atoms with Crippen LogP contribution in [0.5, 0.6) is 23.0 Å². The Morgan fingerprint density at radius 3 is 1.42 bits per heavy atom. The van der Waals surface area contributed by atoms with Gasteiger partial charge in [0, 0.05) is 43.6 Å². The Hall–Kier alpha value is -5.60. The topological polar surface area (TPSA) is 290 Å². The fraction of sp³-hybridized carbons (Fsp3) is 0.419. The summed E-state index contributed by atoms with van der Waals surface area (Å²) < 4.78 is 99.4. The first-order chi connectivity index (χ1) is 35.0. The highest BCUT2D eigenvalue weighted by molar-refractivity contribution is 7.99. The zero-order valence-electron chi connectivity index (χ0n) is 40.7. The van der Waals surface area contributed by atoms with Gasteiger partial charge in [-0.2, -0.15) is 40.5 Å². The standard InChI is InChI=1S/C43H51N13O10S7/c1-9-55(10-2)27-18-23(25(20-29(27)63-5)49-51-35-31-33(65-7)39(72(57,58)59)68-37(31)53-70-35)44-41-46-42(48-43(47-41)67-22-16-14-13-15-17-22)45-24-19-28(56(11-3)12-4)30(64-6)21-26(24)50-52-36-32-34(66-8)40(73(60,61)62)69-38(32)54-71-36/h18-22H,9-17H2,1-8H3,(H,57,58,59)(H,60,61,62)(H2,44,45,46,47,48)/b51-49+,52-50+. The van der Waals surface area contributed by atoms with Crippen molar-refractivity contribution >= 4 is 154 Å². The van der Waals surface area contributed by atoms with Gasteiger partial charge in [-0.25, -0.2) is 0 Å². The Kier molecular flexibility index (Phi) is 16.8. The Morgan fingerprint density at radius 1 is 0.630 bits per heavy atom. The fourth-order valence-corrected chi connectivity index (χ4v) is 14.8. The van der Waals surface area contributed by atoms with Crippen LogP contribution in [0, 0.1) is 0 Å².